The largest absolute Gasteiger partial charge is 0.497 e. The Balaban J connectivity index is 2.73. The van der Waals surface area contributed by atoms with Gasteiger partial charge in [0.1, 0.15) is 11.5 Å². The highest BCUT2D eigenvalue weighted by molar-refractivity contribution is 5.97. The van der Waals surface area contributed by atoms with Gasteiger partial charge in [-0.15, -0.1) is 6.58 Å². The highest BCUT2D eigenvalue weighted by Gasteiger charge is 2.51. The standard InChI is InChI=1S/C18H22O4/c1-4-10-18(14(5-2)17(20)21)15-11-13(22-3)8-6-12(15)7-9-16(18)19/h4,6,8,11,14H,1,5,7,9-10H2,2-3H3,(H,20,21). The van der Waals surface area contributed by atoms with Gasteiger partial charge in [0.05, 0.1) is 18.4 Å². The Labute approximate surface area is 130 Å². The van der Waals surface area contributed by atoms with Gasteiger partial charge in [0.15, 0.2) is 0 Å². The van der Waals surface area contributed by atoms with Crippen LogP contribution in [0.4, 0.5) is 0 Å². The topological polar surface area (TPSA) is 63.6 Å². The second kappa shape index (κ2) is 6.34. The Bertz CT molecular complexity index is 605. The molecule has 0 bridgehead atoms. The van der Waals surface area contributed by atoms with Gasteiger partial charge in [0.25, 0.3) is 0 Å². The first-order chi connectivity index (χ1) is 10.5. The summed E-state index contributed by atoms with van der Waals surface area (Å²) in [6.45, 7) is 5.56. The maximum Gasteiger partial charge on any atom is 0.307 e. The highest BCUT2D eigenvalue weighted by Crippen LogP contribution is 2.46. The SMILES string of the molecule is C=CCC1(C(CC)C(=O)O)C(=O)CCc2ccc(OC)cc21. The van der Waals surface area contributed by atoms with Crippen molar-refractivity contribution in [3.8, 4) is 5.75 Å². The van der Waals surface area contributed by atoms with Crippen LogP contribution in [0.1, 0.15) is 37.3 Å². The maximum absolute atomic E-state index is 12.8. The summed E-state index contributed by atoms with van der Waals surface area (Å²) >= 11 is 0. The fourth-order valence-corrected chi connectivity index (χ4v) is 3.65. The molecule has 0 amide bonds. The van der Waals surface area contributed by atoms with Crippen molar-refractivity contribution >= 4 is 11.8 Å². The number of aryl methyl sites for hydroxylation is 1. The molecule has 0 spiro atoms. The van der Waals surface area contributed by atoms with E-state index in [0.717, 1.165) is 11.1 Å². The van der Waals surface area contributed by atoms with Crippen molar-refractivity contribution in [2.24, 2.45) is 5.92 Å². The highest BCUT2D eigenvalue weighted by atomic mass is 16.5. The molecule has 1 aliphatic rings. The van der Waals surface area contributed by atoms with Gasteiger partial charge in [-0.05, 0) is 42.5 Å². The van der Waals surface area contributed by atoms with Gasteiger partial charge in [0, 0.05) is 6.42 Å². The van der Waals surface area contributed by atoms with Crippen LogP contribution in [0.15, 0.2) is 30.9 Å². The number of carboxylic acids is 1. The van der Waals surface area contributed by atoms with Crippen molar-refractivity contribution in [1.82, 2.24) is 0 Å². The number of allylic oxidation sites excluding steroid dienone is 1. The second-order valence-corrected chi connectivity index (χ2v) is 5.71. The molecule has 1 aromatic carbocycles. The third kappa shape index (κ3) is 2.43. The Morgan fingerprint density at radius 3 is 2.77 bits per heavy atom. The number of Topliss-reactive ketones (excluding diaryl/α,β-unsaturated/α-hetero) is 1. The Kier molecular flexibility index (Phi) is 4.69. The van der Waals surface area contributed by atoms with E-state index in [1.165, 1.54) is 0 Å². The van der Waals surface area contributed by atoms with E-state index in [-0.39, 0.29) is 5.78 Å². The molecule has 1 aliphatic carbocycles. The molecule has 0 aromatic heterocycles. The number of carboxylic acid groups (broad SMARTS) is 1. The maximum atomic E-state index is 12.8. The normalized spacial score (nSPS) is 21.8. The van der Waals surface area contributed by atoms with E-state index < -0.39 is 17.3 Å². The average molecular weight is 302 g/mol. The number of ether oxygens (including phenoxy) is 1. The molecule has 2 rings (SSSR count). The summed E-state index contributed by atoms with van der Waals surface area (Å²) < 4.78 is 5.28. The summed E-state index contributed by atoms with van der Waals surface area (Å²) in [5.74, 6) is -1.07. The van der Waals surface area contributed by atoms with Crippen LogP contribution in [-0.4, -0.2) is 24.0 Å². The van der Waals surface area contributed by atoms with Gasteiger partial charge in [-0.2, -0.15) is 0 Å². The predicted octanol–water partition coefficient (Wildman–Crippen LogP) is 3.14. The fourth-order valence-electron chi connectivity index (χ4n) is 3.65. The first-order valence-electron chi connectivity index (χ1n) is 7.55. The van der Waals surface area contributed by atoms with Gasteiger partial charge in [-0.3, -0.25) is 9.59 Å². The van der Waals surface area contributed by atoms with Crippen LogP contribution in [0.5, 0.6) is 5.75 Å². The number of hydrogen-bond acceptors (Lipinski definition) is 3. The van der Waals surface area contributed by atoms with E-state index in [1.807, 2.05) is 25.1 Å². The molecule has 118 valence electrons. The Hall–Kier alpha value is -2.10. The molecule has 0 radical (unpaired) electrons. The third-order valence-corrected chi connectivity index (χ3v) is 4.68. The summed E-state index contributed by atoms with van der Waals surface area (Å²) in [5, 5.41) is 9.67. The summed E-state index contributed by atoms with van der Waals surface area (Å²) in [6, 6.07) is 5.61. The lowest BCUT2D eigenvalue weighted by molar-refractivity contribution is -0.148. The molecule has 0 fully saturated rings. The van der Waals surface area contributed by atoms with Crippen LogP contribution in [0.3, 0.4) is 0 Å². The molecule has 0 aliphatic heterocycles. The molecule has 0 saturated carbocycles. The molecule has 0 saturated heterocycles. The number of carbonyl (C=O) groups is 2. The average Bonchev–Trinajstić information content (AvgIpc) is 2.51. The molecular formula is C18H22O4. The molecular weight excluding hydrogens is 280 g/mol. The number of hydrogen-bond donors (Lipinski definition) is 1. The van der Waals surface area contributed by atoms with Gasteiger partial charge in [0.2, 0.25) is 0 Å². The lowest BCUT2D eigenvalue weighted by Crippen LogP contribution is -2.49. The molecule has 0 heterocycles. The van der Waals surface area contributed by atoms with Crippen molar-refractivity contribution in [3.05, 3.63) is 42.0 Å². The smallest absolute Gasteiger partial charge is 0.307 e. The summed E-state index contributed by atoms with van der Waals surface area (Å²) in [7, 11) is 1.57. The van der Waals surface area contributed by atoms with Gasteiger partial charge in [-0.1, -0.05) is 19.1 Å². The lowest BCUT2D eigenvalue weighted by Gasteiger charge is -2.41. The van der Waals surface area contributed by atoms with E-state index in [2.05, 4.69) is 6.58 Å². The number of rotatable bonds is 6. The van der Waals surface area contributed by atoms with Crippen molar-refractivity contribution < 1.29 is 19.4 Å². The van der Waals surface area contributed by atoms with E-state index in [0.29, 0.717) is 31.4 Å². The first-order valence-corrected chi connectivity index (χ1v) is 7.55. The predicted molar refractivity (Wildman–Crippen MR) is 84.2 cm³/mol. The van der Waals surface area contributed by atoms with Crippen molar-refractivity contribution in [3.63, 3.8) is 0 Å². The monoisotopic (exact) mass is 302 g/mol. The molecule has 1 N–H and O–H groups in total. The molecule has 1 aromatic rings. The first kappa shape index (κ1) is 16.3. The number of benzene rings is 1. The molecule has 22 heavy (non-hydrogen) atoms. The van der Waals surface area contributed by atoms with Crippen molar-refractivity contribution in [2.45, 2.75) is 38.0 Å². The zero-order valence-corrected chi connectivity index (χ0v) is 13.1. The van der Waals surface area contributed by atoms with E-state index in [1.54, 1.807) is 13.2 Å². The molecule has 2 atom stereocenters. The zero-order chi connectivity index (χ0) is 16.3. The molecule has 4 heteroatoms. The summed E-state index contributed by atoms with van der Waals surface area (Å²) in [6.07, 6.45) is 3.39. The number of carbonyl (C=O) groups excluding carboxylic acids is 1. The molecule has 2 unspecified atom stereocenters. The van der Waals surface area contributed by atoms with Crippen LogP contribution < -0.4 is 4.74 Å². The number of aliphatic carboxylic acids is 1. The van der Waals surface area contributed by atoms with Crippen molar-refractivity contribution in [1.29, 1.82) is 0 Å². The zero-order valence-electron chi connectivity index (χ0n) is 13.1. The number of ketones is 1. The van der Waals surface area contributed by atoms with Gasteiger partial charge < -0.3 is 9.84 Å². The number of fused-ring (bicyclic) bond motifs is 1. The van der Waals surface area contributed by atoms with E-state index in [4.69, 9.17) is 4.74 Å². The van der Waals surface area contributed by atoms with Crippen LogP contribution >= 0.6 is 0 Å². The fraction of sp³-hybridized carbons (Fsp3) is 0.444. The summed E-state index contributed by atoms with van der Waals surface area (Å²) in [5.41, 5.74) is 0.781. The van der Waals surface area contributed by atoms with Crippen molar-refractivity contribution in [2.75, 3.05) is 7.11 Å². The van der Waals surface area contributed by atoms with Crippen LogP contribution in [0.25, 0.3) is 0 Å². The van der Waals surface area contributed by atoms with Crippen LogP contribution in [0, 0.1) is 5.92 Å². The lowest BCUT2D eigenvalue weighted by atomic mass is 9.59. The minimum atomic E-state index is -1.04. The van der Waals surface area contributed by atoms with E-state index >= 15 is 0 Å². The van der Waals surface area contributed by atoms with Crippen LogP contribution in [-0.2, 0) is 21.4 Å². The second-order valence-electron chi connectivity index (χ2n) is 5.71. The quantitative estimate of drug-likeness (QED) is 0.820. The minimum absolute atomic E-state index is 0.0117. The minimum Gasteiger partial charge on any atom is -0.497 e. The van der Waals surface area contributed by atoms with Gasteiger partial charge in [-0.25, -0.2) is 0 Å². The van der Waals surface area contributed by atoms with Gasteiger partial charge >= 0.3 is 5.97 Å². The van der Waals surface area contributed by atoms with Crippen LogP contribution in [0.2, 0.25) is 0 Å². The number of methoxy groups -OCH3 is 1. The Morgan fingerprint density at radius 1 is 1.50 bits per heavy atom. The van der Waals surface area contributed by atoms with E-state index in [9.17, 15) is 14.7 Å². The third-order valence-electron chi connectivity index (χ3n) is 4.68. The molecule has 4 nitrogen and oxygen atoms in total. The Morgan fingerprint density at radius 2 is 2.23 bits per heavy atom. The summed E-state index contributed by atoms with van der Waals surface area (Å²) in [4.78, 5) is 24.6.